The fraction of sp³-hybridized carbons (Fsp3) is 0.290. The second kappa shape index (κ2) is 11.4. The Morgan fingerprint density at radius 1 is 0.974 bits per heavy atom. The minimum Gasteiger partial charge on any atom is -0.497 e. The van der Waals surface area contributed by atoms with Crippen LogP contribution in [-0.4, -0.2) is 33.1 Å². The Kier molecular flexibility index (Phi) is 7.74. The molecule has 1 aromatic heterocycles. The number of nitrogens with one attached hydrogen (secondary N) is 1. The number of benzene rings is 2. The molecule has 202 valence electrons. The average molecular weight is 546 g/mol. The molecule has 1 aliphatic carbocycles. The number of esters is 1. The molecule has 39 heavy (non-hydrogen) atoms. The topological polar surface area (TPSA) is 83.1 Å². The smallest absolute Gasteiger partial charge is 0.337 e. The van der Waals surface area contributed by atoms with Crippen molar-refractivity contribution in [2.24, 2.45) is 0 Å². The number of thiophene rings is 1. The number of rotatable bonds is 8. The number of carbonyl (C=O) groups excluding carboxylic acids is 2. The van der Waals surface area contributed by atoms with E-state index < -0.39 is 11.9 Å². The lowest BCUT2D eigenvalue weighted by Crippen LogP contribution is -2.36. The summed E-state index contributed by atoms with van der Waals surface area (Å²) in [5, 5.41) is 5.44. The van der Waals surface area contributed by atoms with Crippen molar-refractivity contribution in [3.8, 4) is 17.2 Å². The predicted molar refractivity (Wildman–Crippen MR) is 149 cm³/mol. The zero-order valence-corrected chi connectivity index (χ0v) is 23.2. The summed E-state index contributed by atoms with van der Waals surface area (Å²) >= 11 is 1.66. The van der Waals surface area contributed by atoms with Crippen LogP contribution < -0.4 is 19.5 Å². The molecule has 0 bridgehead atoms. The molecule has 1 aliphatic heterocycles. The molecular weight excluding hydrogens is 514 g/mol. The van der Waals surface area contributed by atoms with Gasteiger partial charge in [0, 0.05) is 39.7 Å². The first kappa shape index (κ1) is 26.6. The average Bonchev–Trinajstić information content (AvgIpc) is 3.50. The van der Waals surface area contributed by atoms with Crippen LogP contribution in [0.2, 0.25) is 0 Å². The van der Waals surface area contributed by atoms with Crippen LogP contribution in [0.4, 0.5) is 0 Å². The molecule has 0 spiro atoms. The summed E-state index contributed by atoms with van der Waals surface area (Å²) in [5.74, 6) is 0.835. The maximum atomic E-state index is 13.8. The van der Waals surface area contributed by atoms with Crippen LogP contribution in [0.25, 0.3) is 0 Å². The van der Waals surface area contributed by atoms with E-state index >= 15 is 0 Å². The summed E-state index contributed by atoms with van der Waals surface area (Å²) < 4.78 is 22.2. The van der Waals surface area contributed by atoms with E-state index in [-0.39, 0.29) is 18.3 Å². The molecular formula is C31H31NO6S. The van der Waals surface area contributed by atoms with Gasteiger partial charge < -0.3 is 24.3 Å². The number of carbonyl (C=O) groups is 2. The Bertz CT molecular complexity index is 1440. The maximum Gasteiger partial charge on any atom is 0.337 e. The van der Waals surface area contributed by atoms with E-state index in [9.17, 15) is 9.59 Å². The Labute approximate surface area is 232 Å². The number of dihydropyridines is 1. The highest BCUT2D eigenvalue weighted by Gasteiger charge is 2.42. The van der Waals surface area contributed by atoms with E-state index in [4.69, 9.17) is 18.9 Å². The van der Waals surface area contributed by atoms with Crippen molar-refractivity contribution in [3.05, 3.63) is 98.5 Å². The van der Waals surface area contributed by atoms with Crippen molar-refractivity contribution < 1.29 is 28.5 Å². The zero-order valence-electron chi connectivity index (χ0n) is 22.4. The number of methoxy groups -OCH3 is 3. The first-order valence-electron chi connectivity index (χ1n) is 12.7. The van der Waals surface area contributed by atoms with Gasteiger partial charge in [0.15, 0.2) is 5.78 Å². The van der Waals surface area contributed by atoms with Crippen molar-refractivity contribution in [2.75, 3.05) is 21.3 Å². The van der Waals surface area contributed by atoms with Gasteiger partial charge in [-0.3, -0.25) is 4.79 Å². The van der Waals surface area contributed by atoms with Gasteiger partial charge in [-0.1, -0.05) is 18.2 Å². The summed E-state index contributed by atoms with van der Waals surface area (Å²) in [6.07, 6.45) is 1.05. The highest BCUT2D eigenvalue weighted by atomic mass is 32.1. The van der Waals surface area contributed by atoms with E-state index in [2.05, 4.69) is 11.4 Å². The zero-order chi connectivity index (χ0) is 27.5. The lowest BCUT2D eigenvalue weighted by Gasteiger charge is -2.36. The largest absolute Gasteiger partial charge is 0.497 e. The van der Waals surface area contributed by atoms with Crippen LogP contribution in [0.5, 0.6) is 17.2 Å². The van der Waals surface area contributed by atoms with Gasteiger partial charge in [0.05, 0.1) is 32.8 Å². The second-order valence-electron chi connectivity index (χ2n) is 9.56. The summed E-state index contributed by atoms with van der Waals surface area (Å²) in [6.45, 7) is 1.94. The molecule has 7 nitrogen and oxygen atoms in total. The maximum absolute atomic E-state index is 13.8. The van der Waals surface area contributed by atoms with Crippen LogP contribution in [-0.2, 0) is 20.9 Å². The number of hydrogen-bond donors (Lipinski definition) is 1. The lowest BCUT2D eigenvalue weighted by atomic mass is 9.72. The van der Waals surface area contributed by atoms with Crippen LogP contribution >= 0.6 is 11.3 Å². The molecule has 0 saturated carbocycles. The number of allylic oxidation sites excluding steroid dienone is 3. The van der Waals surface area contributed by atoms with E-state index in [1.54, 1.807) is 44.8 Å². The van der Waals surface area contributed by atoms with Crippen molar-refractivity contribution in [3.63, 3.8) is 0 Å². The monoisotopic (exact) mass is 545 g/mol. The Balaban J connectivity index is 1.54. The minimum absolute atomic E-state index is 0.00461. The second-order valence-corrected chi connectivity index (χ2v) is 10.5. The van der Waals surface area contributed by atoms with E-state index in [1.807, 2.05) is 48.7 Å². The molecule has 2 aliphatic rings. The standard InChI is InChI=1S/C31H31NO6S/c1-18-28(31(34)38-17-19-7-9-21(35-2)10-8-19)29(23-16-22(36-3)11-12-26(23)37-4)30-24(32-18)14-20(15-25(30)33)27-6-5-13-39-27/h5-13,16,20,29,32H,14-15,17H2,1-4H3/t20-,29+/m1/s1. The van der Waals surface area contributed by atoms with Crippen LogP contribution in [0.1, 0.15) is 47.6 Å². The fourth-order valence-corrected chi connectivity index (χ4v) is 6.19. The third-order valence-electron chi connectivity index (χ3n) is 7.27. The molecule has 2 aromatic carbocycles. The quantitative estimate of drug-likeness (QED) is 0.354. The number of Topliss-reactive ketones (excluding diaryl/α,β-unsaturated/α-hetero) is 1. The normalized spacial score (nSPS) is 18.8. The van der Waals surface area contributed by atoms with Gasteiger partial charge in [0.25, 0.3) is 0 Å². The molecule has 5 rings (SSSR count). The molecule has 3 aromatic rings. The summed E-state index contributed by atoms with van der Waals surface area (Å²) in [7, 11) is 4.77. The lowest BCUT2D eigenvalue weighted by molar-refractivity contribution is -0.140. The Hall–Kier alpha value is -4.04. The van der Waals surface area contributed by atoms with Crippen LogP contribution in [0, 0.1) is 0 Å². The van der Waals surface area contributed by atoms with Crippen molar-refractivity contribution >= 4 is 23.1 Å². The van der Waals surface area contributed by atoms with E-state index in [1.165, 1.54) is 4.88 Å². The van der Waals surface area contributed by atoms with Gasteiger partial charge in [-0.15, -0.1) is 11.3 Å². The molecule has 0 unspecified atom stereocenters. The van der Waals surface area contributed by atoms with Crippen LogP contribution in [0.3, 0.4) is 0 Å². The van der Waals surface area contributed by atoms with Gasteiger partial charge in [-0.25, -0.2) is 4.79 Å². The van der Waals surface area contributed by atoms with Gasteiger partial charge in [0.1, 0.15) is 23.9 Å². The minimum atomic E-state index is -0.661. The fourth-order valence-electron chi connectivity index (χ4n) is 5.36. The van der Waals surface area contributed by atoms with Gasteiger partial charge in [-0.05, 0) is 60.7 Å². The predicted octanol–water partition coefficient (Wildman–Crippen LogP) is 5.88. The van der Waals surface area contributed by atoms with Crippen molar-refractivity contribution in [2.45, 2.75) is 38.2 Å². The third kappa shape index (κ3) is 5.29. The summed E-state index contributed by atoms with van der Waals surface area (Å²) in [6, 6.07) is 16.9. The Morgan fingerprint density at radius 2 is 1.72 bits per heavy atom. The van der Waals surface area contributed by atoms with Crippen LogP contribution in [0.15, 0.2) is 82.5 Å². The Morgan fingerprint density at radius 3 is 2.38 bits per heavy atom. The number of ketones is 1. The first-order chi connectivity index (χ1) is 18.9. The molecule has 0 amide bonds. The SMILES string of the molecule is COc1ccc(COC(=O)C2=C(C)NC3=C(C(=O)C[C@H](c4cccs4)C3)[C@H]2c2cc(OC)ccc2OC)cc1. The summed E-state index contributed by atoms with van der Waals surface area (Å²) in [5.41, 5.74) is 3.97. The van der Waals surface area contributed by atoms with Gasteiger partial charge >= 0.3 is 5.97 Å². The van der Waals surface area contributed by atoms with E-state index in [0.717, 1.165) is 17.0 Å². The van der Waals surface area contributed by atoms with Crippen molar-refractivity contribution in [1.82, 2.24) is 5.32 Å². The molecule has 0 radical (unpaired) electrons. The number of ether oxygens (including phenoxy) is 4. The molecule has 8 heteroatoms. The van der Waals surface area contributed by atoms with Crippen molar-refractivity contribution in [1.29, 1.82) is 0 Å². The number of hydrogen-bond acceptors (Lipinski definition) is 8. The van der Waals surface area contributed by atoms with Gasteiger partial charge in [0.2, 0.25) is 0 Å². The molecule has 2 atom stereocenters. The highest BCUT2D eigenvalue weighted by Crippen LogP contribution is 2.48. The highest BCUT2D eigenvalue weighted by molar-refractivity contribution is 7.10. The van der Waals surface area contributed by atoms with Gasteiger partial charge in [-0.2, -0.15) is 0 Å². The molecule has 2 heterocycles. The van der Waals surface area contributed by atoms with E-state index in [0.29, 0.717) is 46.7 Å². The third-order valence-corrected chi connectivity index (χ3v) is 8.30. The first-order valence-corrected chi connectivity index (χ1v) is 13.6. The molecule has 1 N–H and O–H groups in total. The molecule has 0 saturated heterocycles. The summed E-state index contributed by atoms with van der Waals surface area (Å²) in [4.78, 5) is 28.7. The molecule has 0 fully saturated rings.